The highest BCUT2D eigenvalue weighted by molar-refractivity contribution is 14.1. The second-order valence-corrected chi connectivity index (χ2v) is 5.53. The quantitative estimate of drug-likeness (QED) is 0.647. The van der Waals surface area contributed by atoms with Crippen LogP contribution >= 0.6 is 22.6 Å². The molecule has 4 nitrogen and oxygen atoms in total. The van der Waals surface area contributed by atoms with E-state index in [0.29, 0.717) is 18.0 Å². The highest BCUT2D eigenvalue weighted by Gasteiger charge is 2.09. The predicted octanol–water partition coefficient (Wildman–Crippen LogP) is 2.22. The van der Waals surface area contributed by atoms with Crippen LogP contribution in [0.1, 0.15) is 24.2 Å². The summed E-state index contributed by atoms with van der Waals surface area (Å²) < 4.78 is 5.95. The maximum atomic E-state index is 11.6. The van der Waals surface area contributed by atoms with Gasteiger partial charge >= 0.3 is 5.97 Å². The van der Waals surface area contributed by atoms with E-state index >= 15 is 0 Å². The van der Waals surface area contributed by atoms with E-state index in [0.717, 1.165) is 3.57 Å². The third-order valence-electron chi connectivity index (χ3n) is 2.12. The Balaban J connectivity index is 2.37. The molecule has 0 fully saturated rings. The summed E-state index contributed by atoms with van der Waals surface area (Å²) in [6.07, 6.45) is 0. The second kappa shape index (κ2) is 7.35. The Morgan fingerprint density at radius 1 is 1.28 bits per heavy atom. The first kappa shape index (κ1) is 14.9. The Kier molecular flexibility index (Phi) is 6.11. The highest BCUT2D eigenvalue weighted by Crippen LogP contribution is 2.07. The molecule has 0 heterocycles. The lowest BCUT2D eigenvalue weighted by Gasteiger charge is -2.08. The van der Waals surface area contributed by atoms with Crippen LogP contribution in [0.2, 0.25) is 0 Å². The Morgan fingerprint density at radius 3 is 2.44 bits per heavy atom. The molecule has 0 aliphatic rings. The minimum Gasteiger partial charge on any atom is -0.452 e. The Morgan fingerprint density at radius 2 is 1.89 bits per heavy atom. The molecule has 0 spiro atoms. The lowest BCUT2D eigenvalue weighted by atomic mass is 10.2. The van der Waals surface area contributed by atoms with Gasteiger partial charge in [0.1, 0.15) is 0 Å². The van der Waals surface area contributed by atoms with Gasteiger partial charge in [0.25, 0.3) is 5.91 Å². The molecule has 1 amide bonds. The maximum Gasteiger partial charge on any atom is 0.338 e. The number of esters is 1. The van der Waals surface area contributed by atoms with Gasteiger partial charge in [-0.3, -0.25) is 4.79 Å². The van der Waals surface area contributed by atoms with Gasteiger partial charge in [-0.05, 0) is 52.8 Å². The van der Waals surface area contributed by atoms with Crippen molar-refractivity contribution in [3.8, 4) is 0 Å². The van der Waals surface area contributed by atoms with Crippen molar-refractivity contribution in [2.45, 2.75) is 13.8 Å². The minimum absolute atomic E-state index is 0.239. The zero-order chi connectivity index (χ0) is 13.5. The molecule has 18 heavy (non-hydrogen) atoms. The van der Waals surface area contributed by atoms with Crippen LogP contribution in [0, 0.1) is 9.49 Å². The number of rotatable bonds is 5. The zero-order valence-corrected chi connectivity index (χ0v) is 12.6. The van der Waals surface area contributed by atoms with Crippen LogP contribution in [0.5, 0.6) is 0 Å². The molecule has 98 valence electrons. The van der Waals surface area contributed by atoms with Crippen molar-refractivity contribution in [3.05, 3.63) is 33.4 Å². The van der Waals surface area contributed by atoms with Gasteiger partial charge in [0.2, 0.25) is 0 Å². The van der Waals surface area contributed by atoms with Crippen LogP contribution < -0.4 is 5.32 Å². The van der Waals surface area contributed by atoms with Crippen LogP contribution in [0.3, 0.4) is 0 Å². The van der Waals surface area contributed by atoms with Crippen molar-refractivity contribution in [1.29, 1.82) is 0 Å². The molecule has 5 heteroatoms. The van der Waals surface area contributed by atoms with Crippen molar-refractivity contribution in [2.24, 2.45) is 5.92 Å². The SMILES string of the molecule is CC(C)CNC(=O)COC(=O)c1ccc(I)cc1. The summed E-state index contributed by atoms with van der Waals surface area (Å²) in [5, 5.41) is 2.68. The molecule has 0 aliphatic heterocycles. The molecule has 0 bridgehead atoms. The smallest absolute Gasteiger partial charge is 0.338 e. The van der Waals surface area contributed by atoms with Crippen LogP contribution in [0.15, 0.2) is 24.3 Å². The van der Waals surface area contributed by atoms with Gasteiger partial charge in [0, 0.05) is 10.1 Å². The van der Waals surface area contributed by atoms with Gasteiger partial charge in [-0.2, -0.15) is 0 Å². The summed E-state index contributed by atoms with van der Waals surface area (Å²) >= 11 is 2.15. The fraction of sp³-hybridized carbons (Fsp3) is 0.385. The number of nitrogens with one attached hydrogen (secondary N) is 1. The molecule has 1 N–H and O–H groups in total. The summed E-state index contributed by atoms with van der Waals surface area (Å²) in [4.78, 5) is 22.9. The summed E-state index contributed by atoms with van der Waals surface area (Å²) in [6.45, 7) is 4.34. The first-order chi connectivity index (χ1) is 8.49. The second-order valence-electron chi connectivity index (χ2n) is 4.28. The molecule has 0 atom stereocenters. The van der Waals surface area contributed by atoms with E-state index in [1.165, 1.54) is 0 Å². The molecule has 1 aromatic rings. The monoisotopic (exact) mass is 361 g/mol. The number of benzene rings is 1. The molecular formula is C13H16INO3. The number of amides is 1. The average Bonchev–Trinajstić information content (AvgIpc) is 2.34. The van der Waals surface area contributed by atoms with Crippen LogP contribution in [-0.2, 0) is 9.53 Å². The van der Waals surface area contributed by atoms with Crippen molar-refractivity contribution in [2.75, 3.05) is 13.2 Å². The van der Waals surface area contributed by atoms with E-state index in [2.05, 4.69) is 27.9 Å². The lowest BCUT2D eigenvalue weighted by Crippen LogP contribution is -2.31. The van der Waals surface area contributed by atoms with Gasteiger partial charge < -0.3 is 10.1 Å². The summed E-state index contributed by atoms with van der Waals surface area (Å²) in [5.41, 5.74) is 0.451. The Bertz CT molecular complexity index is 415. The molecule has 1 rings (SSSR count). The first-order valence-electron chi connectivity index (χ1n) is 5.68. The maximum absolute atomic E-state index is 11.6. The zero-order valence-electron chi connectivity index (χ0n) is 10.4. The molecule has 0 unspecified atom stereocenters. The highest BCUT2D eigenvalue weighted by atomic mass is 127. The van der Waals surface area contributed by atoms with Gasteiger partial charge in [-0.25, -0.2) is 4.79 Å². The first-order valence-corrected chi connectivity index (χ1v) is 6.76. The molecule has 0 saturated carbocycles. The van der Waals surface area contributed by atoms with Crippen molar-refractivity contribution < 1.29 is 14.3 Å². The molecule has 0 saturated heterocycles. The molecular weight excluding hydrogens is 345 g/mol. The topological polar surface area (TPSA) is 55.4 Å². The fourth-order valence-electron chi connectivity index (χ4n) is 1.17. The van der Waals surface area contributed by atoms with E-state index in [9.17, 15) is 9.59 Å². The number of carbonyl (C=O) groups is 2. The van der Waals surface area contributed by atoms with Crippen LogP contribution in [0.25, 0.3) is 0 Å². The van der Waals surface area contributed by atoms with Crippen molar-refractivity contribution in [3.63, 3.8) is 0 Å². The number of halogens is 1. The van der Waals surface area contributed by atoms with E-state index in [1.807, 2.05) is 26.0 Å². The van der Waals surface area contributed by atoms with E-state index in [-0.39, 0.29) is 12.5 Å². The van der Waals surface area contributed by atoms with E-state index in [4.69, 9.17) is 4.74 Å². The summed E-state index contributed by atoms with van der Waals surface area (Å²) in [6, 6.07) is 6.98. The van der Waals surface area contributed by atoms with E-state index in [1.54, 1.807) is 12.1 Å². The van der Waals surface area contributed by atoms with Crippen molar-refractivity contribution in [1.82, 2.24) is 5.32 Å². The van der Waals surface area contributed by atoms with Gasteiger partial charge in [-0.15, -0.1) is 0 Å². The van der Waals surface area contributed by atoms with Gasteiger partial charge in [0.15, 0.2) is 6.61 Å². The molecule has 1 aromatic carbocycles. The summed E-state index contributed by atoms with van der Waals surface area (Å²) in [7, 11) is 0. The van der Waals surface area contributed by atoms with Gasteiger partial charge in [0.05, 0.1) is 5.56 Å². The number of ether oxygens (including phenoxy) is 1. The number of carbonyl (C=O) groups excluding carboxylic acids is 2. The number of hydrogen-bond donors (Lipinski definition) is 1. The normalized spacial score (nSPS) is 10.2. The number of hydrogen-bond acceptors (Lipinski definition) is 3. The minimum atomic E-state index is -0.480. The molecule has 0 aromatic heterocycles. The van der Waals surface area contributed by atoms with Crippen molar-refractivity contribution >= 4 is 34.5 Å². The Labute approximate surface area is 120 Å². The van der Waals surface area contributed by atoms with Crippen LogP contribution in [0.4, 0.5) is 0 Å². The molecule has 0 aliphatic carbocycles. The third kappa shape index (κ3) is 5.48. The predicted molar refractivity (Wildman–Crippen MR) is 77.3 cm³/mol. The largest absolute Gasteiger partial charge is 0.452 e. The lowest BCUT2D eigenvalue weighted by molar-refractivity contribution is -0.124. The Hall–Kier alpha value is -1.11. The molecule has 0 radical (unpaired) electrons. The fourth-order valence-corrected chi connectivity index (χ4v) is 1.53. The summed E-state index contributed by atoms with van der Waals surface area (Å²) in [5.74, 6) is -0.380. The van der Waals surface area contributed by atoms with Crippen LogP contribution in [-0.4, -0.2) is 25.0 Å². The van der Waals surface area contributed by atoms with Gasteiger partial charge in [-0.1, -0.05) is 13.8 Å². The van der Waals surface area contributed by atoms with E-state index < -0.39 is 5.97 Å². The standard InChI is InChI=1S/C13H16INO3/c1-9(2)7-15-12(16)8-18-13(17)10-3-5-11(14)6-4-10/h3-6,9H,7-8H2,1-2H3,(H,15,16). The third-order valence-corrected chi connectivity index (χ3v) is 2.84. The average molecular weight is 361 g/mol.